The summed E-state index contributed by atoms with van der Waals surface area (Å²) in [6.07, 6.45) is 2.56. The third-order valence-corrected chi connectivity index (χ3v) is 3.48. The second-order valence-corrected chi connectivity index (χ2v) is 4.70. The van der Waals surface area contributed by atoms with Gasteiger partial charge >= 0.3 is 0 Å². The molecule has 0 spiro atoms. The van der Waals surface area contributed by atoms with Gasteiger partial charge in [-0.3, -0.25) is 0 Å². The molecule has 0 radical (unpaired) electrons. The maximum Gasteiger partial charge on any atom is 0.126 e. The Labute approximate surface area is 105 Å². The van der Waals surface area contributed by atoms with E-state index < -0.39 is 0 Å². The summed E-state index contributed by atoms with van der Waals surface area (Å²) in [7, 11) is 0. The number of ether oxygens (including phenoxy) is 2. The highest BCUT2D eigenvalue weighted by atomic mass is 79.9. The molecule has 16 heavy (non-hydrogen) atoms. The van der Waals surface area contributed by atoms with Crippen molar-refractivity contribution in [3.05, 3.63) is 29.3 Å². The van der Waals surface area contributed by atoms with Crippen molar-refractivity contribution in [3.63, 3.8) is 0 Å². The van der Waals surface area contributed by atoms with E-state index in [-0.39, 0.29) is 6.10 Å². The molecule has 0 bridgehead atoms. The van der Waals surface area contributed by atoms with Gasteiger partial charge < -0.3 is 9.47 Å². The summed E-state index contributed by atoms with van der Waals surface area (Å²) in [6.45, 7) is 3.63. The summed E-state index contributed by atoms with van der Waals surface area (Å²) in [5.74, 6) is 1.01. The molecule has 1 saturated heterocycles. The van der Waals surface area contributed by atoms with Crippen molar-refractivity contribution in [2.24, 2.45) is 0 Å². The van der Waals surface area contributed by atoms with Crippen LogP contribution in [-0.4, -0.2) is 19.3 Å². The van der Waals surface area contributed by atoms with Gasteiger partial charge in [-0.2, -0.15) is 0 Å². The average Bonchev–Trinajstić information content (AvgIpc) is 2.80. The molecule has 1 aliphatic heterocycles. The Hall–Kier alpha value is -0.540. The first-order chi connectivity index (χ1) is 7.81. The van der Waals surface area contributed by atoms with Crippen LogP contribution in [0.3, 0.4) is 0 Å². The van der Waals surface area contributed by atoms with Crippen molar-refractivity contribution in [2.45, 2.75) is 31.2 Å². The van der Waals surface area contributed by atoms with Crippen molar-refractivity contribution in [1.29, 1.82) is 0 Å². The zero-order valence-corrected chi connectivity index (χ0v) is 11.1. The van der Waals surface area contributed by atoms with Gasteiger partial charge in [-0.05, 0) is 25.3 Å². The Bertz CT molecular complexity index is 346. The standard InChI is InChI=1S/C13H17BrO2/c1-10-4-2-5-11(8-14)13(10)16-9-12-6-3-7-15-12/h2,4-5,12H,3,6-9H2,1H3. The number of hydrogen-bond donors (Lipinski definition) is 0. The quantitative estimate of drug-likeness (QED) is 0.789. The minimum Gasteiger partial charge on any atom is -0.490 e. The Morgan fingerprint density at radius 2 is 2.38 bits per heavy atom. The normalized spacial score (nSPS) is 20.0. The lowest BCUT2D eigenvalue weighted by molar-refractivity contribution is 0.0675. The molecule has 1 unspecified atom stereocenters. The molecular formula is C13H17BrO2. The predicted octanol–water partition coefficient (Wildman–Crippen LogP) is 3.45. The molecule has 0 N–H and O–H groups in total. The van der Waals surface area contributed by atoms with Crippen LogP contribution in [0.1, 0.15) is 24.0 Å². The molecule has 0 aliphatic carbocycles. The molecule has 88 valence electrons. The molecule has 0 aromatic heterocycles. The first kappa shape index (κ1) is 11.9. The van der Waals surface area contributed by atoms with Crippen LogP contribution in [0.25, 0.3) is 0 Å². The topological polar surface area (TPSA) is 18.5 Å². The Balaban J connectivity index is 2.01. The van der Waals surface area contributed by atoms with Crippen LogP contribution in [0, 0.1) is 6.92 Å². The Kier molecular flexibility index (Phi) is 4.24. The molecule has 1 atom stereocenters. The van der Waals surface area contributed by atoms with Crippen molar-refractivity contribution in [1.82, 2.24) is 0 Å². The Morgan fingerprint density at radius 1 is 1.50 bits per heavy atom. The van der Waals surface area contributed by atoms with Gasteiger partial charge in [0.1, 0.15) is 12.4 Å². The molecule has 2 rings (SSSR count). The number of hydrogen-bond acceptors (Lipinski definition) is 2. The summed E-state index contributed by atoms with van der Waals surface area (Å²) < 4.78 is 11.4. The summed E-state index contributed by atoms with van der Waals surface area (Å²) in [6, 6.07) is 6.23. The van der Waals surface area contributed by atoms with E-state index in [4.69, 9.17) is 9.47 Å². The van der Waals surface area contributed by atoms with Crippen LogP contribution in [0.2, 0.25) is 0 Å². The van der Waals surface area contributed by atoms with Crippen LogP contribution in [0.5, 0.6) is 5.75 Å². The number of aryl methyl sites for hydroxylation is 1. The zero-order valence-electron chi connectivity index (χ0n) is 9.54. The van der Waals surface area contributed by atoms with Gasteiger partial charge in [0.15, 0.2) is 0 Å². The lowest BCUT2D eigenvalue weighted by atomic mass is 10.1. The Morgan fingerprint density at radius 3 is 3.06 bits per heavy atom. The molecule has 0 saturated carbocycles. The van der Waals surface area contributed by atoms with E-state index in [0.717, 1.165) is 30.5 Å². The molecule has 1 aromatic rings. The maximum absolute atomic E-state index is 5.89. The van der Waals surface area contributed by atoms with Crippen molar-refractivity contribution >= 4 is 15.9 Å². The number of para-hydroxylation sites is 1. The fourth-order valence-electron chi connectivity index (χ4n) is 1.98. The van der Waals surface area contributed by atoms with Crippen LogP contribution in [0.15, 0.2) is 18.2 Å². The molecule has 1 heterocycles. The number of halogens is 1. The van der Waals surface area contributed by atoms with Gasteiger partial charge in [0, 0.05) is 17.5 Å². The SMILES string of the molecule is Cc1cccc(CBr)c1OCC1CCCO1. The molecule has 1 fully saturated rings. The third-order valence-electron chi connectivity index (χ3n) is 2.87. The van der Waals surface area contributed by atoms with Crippen molar-refractivity contribution < 1.29 is 9.47 Å². The lowest BCUT2D eigenvalue weighted by Crippen LogP contribution is -2.17. The van der Waals surface area contributed by atoms with Crippen LogP contribution in [0.4, 0.5) is 0 Å². The van der Waals surface area contributed by atoms with E-state index in [2.05, 4.69) is 41.1 Å². The molecule has 1 aliphatic rings. The minimum atomic E-state index is 0.280. The average molecular weight is 285 g/mol. The number of benzene rings is 1. The van der Waals surface area contributed by atoms with Gasteiger partial charge in [0.2, 0.25) is 0 Å². The fraction of sp³-hybridized carbons (Fsp3) is 0.538. The number of rotatable bonds is 4. The van der Waals surface area contributed by atoms with Gasteiger partial charge in [-0.25, -0.2) is 0 Å². The summed E-state index contributed by atoms with van der Waals surface area (Å²) in [4.78, 5) is 0. The van der Waals surface area contributed by atoms with Gasteiger partial charge in [-0.15, -0.1) is 0 Å². The van der Waals surface area contributed by atoms with Crippen LogP contribution in [-0.2, 0) is 10.1 Å². The highest BCUT2D eigenvalue weighted by Gasteiger charge is 2.17. The van der Waals surface area contributed by atoms with E-state index in [1.54, 1.807) is 0 Å². The molecule has 1 aromatic carbocycles. The minimum absolute atomic E-state index is 0.280. The summed E-state index contributed by atoms with van der Waals surface area (Å²) in [5, 5.41) is 0.829. The molecule has 2 nitrogen and oxygen atoms in total. The van der Waals surface area contributed by atoms with Crippen molar-refractivity contribution in [2.75, 3.05) is 13.2 Å². The molecule has 3 heteroatoms. The van der Waals surface area contributed by atoms with Gasteiger partial charge in [0.25, 0.3) is 0 Å². The van der Waals surface area contributed by atoms with Crippen molar-refractivity contribution in [3.8, 4) is 5.75 Å². The van der Waals surface area contributed by atoms with E-state index in [1.165, 1.54) is 11.1 Å². The largest absolute Gasteiger partial charge is 0.490 e. The highest BCUT2D eigenvalue weighted by molar-refractivity contribution is 9.08. The lowest BCUT2D eigenvalue weighted by Gasteiger charge is -2.15. The first-order valence-corrected chi connectivity index (χ1v) is 6.82. The summed E-state index contributed by atoms with van der Waals surface area (Å²) in [5.41, 5.74) is 2.40. The number of alkyl halides is 1. The third kappa shape index (κ3) is 2.77. The predicted molar refractivity (Wildman–Crippen MR) is 68.3 cm³/mol. The van der Waals surface area contributed by atoms with E-state index >= 15 is 0 Å². The smallest absolute Gasteiger partial charge is 0.126 e. The first-order valence-electron chi connectivity index (χ1n) is 5.70. The fourth-order valence-corrected chi connectivity index (χ4v) is 2.42. The maximum atomic E-state index is 5.89. The van der Waals surface area contributed by atoms with E-state index in [9.17, 15) is 0 Å². The van der Waals surface area contributed by atoms with Crippen LogP contribution < -0.4 is 4.74 Å². The monoisotopic (exact) mass is 284 g/mol. The molecular weight excluding hydrogens is 268 g/mol. The second kappa shape index (κ2) is 5.69. The highest BCUT2D eigenvalue weighted by Crippen LogP contribution is 2.26. The zero-order chi connectivity index (χ0) is 11.4. The summed E-state index contributed by atoms with van der Waals surface area (Å²) >= 11 is 3.48. The van der Waals surface area contributed by atoms with Gasteiger partial charge in [-0.1, -0.05) is 34.1 Å². The molecule has 0 amide bonds. The van der Waals surface area contributed by atoms with E-state index in [0.29, 0.717) is 6.61 Å². The second-order valence-electron chi connectivity index (χ2n) is 4.14. The van der Waals surface area contributed by atoms with Gasteiger partial charge in [0.05, 0.1) is 6.10 Å². The van der Waals surface area contributed by atoms with E-state index in [1.807, 2.05) is 0 Å². The van der Waals surface area contributed by atoms with Crippen LogP contribution >= 0.6 is 15.9 Å².